The standard InChI is InChI=1S/C19H21N3O4/c23-17(21-9-14-1-4-20-5-2-14)7-15-8-19(26-10-15)12-22(13-19)18(24)16-3-6-25-11-16/h1-6,11,15H,7-10,12-13H2,(H,21,23). The largest absolute Gasteiger partial charge is 0.472 e. The Morgan fingerprint density at radius 2 is 2.08 bits per heavy atom. The third-order valence-corrected chi connectivity index (χ3v) is 5.01. The monoisotopic (exact) mass is 355 g/mol. The van der Waals surface area contributed by atoms with Crippen LogP contribution in [0.5, 0.6) is 0 Å². The maximum absolute atomic E-state index is 12.2. The topological polar surface area (TPSA) is 84.7 Å². The normalized spacial score (nSPS) is 20.8. The maximum atomic E-state index is 12.2. The molecule has 1 atom stereocenters. The number of furan rings is 1. The number of amides is 2. The summed E-state index contributed by atoms with van der Waals surface area (Å²) in [5.41, 5.74) is 1.31. The van der Waals surface area contributed by atoms with E-state index in [9.17, 15) is 9.59 Å². The number of nitrogens with one attached hydrogen (secondary N) is 1. The molecule has 7 nitrogen and oxygen atoms in total. The molecular weight excluding hydrogens is 334 g/mol. The Morgan fingerprint density at radius 1 is 1.27 bits per heavy atom. The van der Waals surface area contributed by atoms with Gasteiger partial charge in [-0.2, -0.15) is 0 Å². The first-order chi connectivity index (χ1) is 12.6. The number of nitrogens with zero attached hydrogens (tertiary/aromatic N) is 2. The highest BCUT2D eigenvalue weighted by Crippen LogP contribution is 2.39. The lowest BCUT2D eigenvalue weighted by atomic mass is 9.85. The molecular formula is C19H21N3O4. The van der Waals surface area contributed by atoms with E-state index in [-0.39, 0.29) is 23.3 Å². The molecule has 2 amide bonds. The van der Waals surface area contributed by atoms with Crippen LogP contribution in [0.3, 0.4) is 0 Å². The minimum absolute atomic E-state index is 0.0260. The Labute approximate surface area is 151 Å². The first-order valence-electron chi connectivity index (χ1n) is 8.75. The number of pyridine rings is 1. The molecule has 2 fully saturated rings. The molecule has 1 spiro atoms. The molecule has 0 bridgehead atoms. The lowest BCUT2D eigenvalue weighted by Crippen LogP contribution is -2.63. The fourth-order valence-electron chi connectivity index (χ4n) is 3.69. The third-order valence-electron chi connectivity index (χ3n) is 5.01. The average molecular weight is 355 g/mol. The van der Waals surface area contributed by atoms with Crippen LogP contribution in [0.25, 0.3) is 0 Å². The maximum Gasteiger partial charge on any atom is 0.257 e. The summed E-state index contributed by atoms with van der Waals surface area (Å²) in [5, 5.41) is 2.94. The number of ether oxygens (including phenoxy) is 1. The summed E-state index contributed by atoms with van der Waals surface area (Å²) in [7, 11) is 0. The number of carbonyl (C=O) groups is 2. The van der Waals surface area contributed by atoms with E-state index in [1.165, 1.54) is 12.5 Å². The zero-order valence-corrected chi connectivity index (χ0v) is 14.4. The van der Waals surface area contributed by atoms with Crippen molar-refractivity contribution < 1.29 is 18.7 Å². The van der Waals surface area contributed by atoms with E-state index in [1.54, 1.807) is 23.4 Å². The molecule has 7 heteroatoms. The van der Waals surface area contributed by atoms with Crippen LogP contribution in [0, 0.1) is 5.92 Å². The SMILES string of the molecule is O=C(CC1COC2(C1)CN(C(=O)c1ccoc1)C2)NCc1ccncc1. The summed E-state index contributed by atoms with van der Waals surface area (Å²) in [6, 6.07) is 5.43. The van der Waals surface area contributed by atoms with Gasteiger partial charge in [-0.25, -0.2) is 0 Å². The Balaban J connectivity index is 1.22. The van der Waals surface area contributed by atoms with Crippen LogP contribution >= 0.6 is 0 Å². The summed E-state index contributed by atoms with van der Waals surface area (Å²) in [6.07, 6.45) is 7.63. The zero-order valence-electron chi connectivity index (χ0n) is 14.4. The summed E-state index contributed by atoms with van der Waals surface area (Å²) in [4.78, 5) is 30.1. The highest BCUT2D eigenvalue weighted by Gasteiger charge is 2.51. The second kappa shape index (κ2) is 6.92. The van der Waals surface area contributed by atoms with Gasteiger partial charge in [-0.1, -0.05) is 0 Å². The van der Waals surface area contributed by atoms with Crippen molar-refractivity contribution in [3.63, 3.8) is 0 Å². The van der Waals surface area contributed by atoms with Gasteiger partial charge in [0.05, 0.1) is 31.5 Å². The van der Waals surface area contributed by atoms with Crippen LogP contribution in [0.4, 0.5) is 0 Å². The quantitative estimate of drug-likeness (QED) is 0.881. The van der Waals surface area contributed by atoms with Gasteiger partial charge in [0.1, 0.15) is 11.9 Å². The Morgan fingerprint density at radius 3 is 2.81 bits per heavy atom. The molecule has 26 heavy (non-hydrogen) atoms. The van der Waals surface area contributed by atoms with Crippen molar-refractivity contribution in [3.8, 4) is 0 Å². The fourth-order valence-corrected chi connectivity index (χ4v) is 3.69. The van der Waals surface area contributed by atoms with Gasteiger partial charge in [-0.3, -0.25) is 14.6 Å². The third kappa shape index (κ3) is 3.48. The molecule has 0 aromatic carbocycles. The molecule has 2 aliphatic heterocycles. The van der Waals surface area contributed by atoms with Crippen molar-refractivity contribution >= 4 is 11.8 Å². The van der Waals surface area contributed by atoms with Crippen LogP contribution in [0.1, 0.15) is 28.8 Å². The number of hydrogen-bond acceptors (Lipinski definition) is 5. The molecule has 4 heterocycles. The van der Waals surface area contributed by atoms with Gasteiger partial charge < -0.3 is 19.4 Å². The van der Waals surface area contributed by atoms with Crippen LogP contribution in [-0.2, 0) is 16.1 Å². The lowest BCUT2D eigenvalue weighted by molar-refractivity contribution is -0.122. The van der Waals surface area contributed by atoms with Gasteiger partial charge >= 0.3 is 0 Å². The average Bonchev–Trinajstić information content (AvgIpc) is 3.29. The number of rotatable bonds is 5. The van der Waals surface area contributed by atoms with Crippen LogP contribution in [-0.4, -0.2) is 47.0 Å². The van der Waals surface area contributed by atoms with Crippen LogP contribution < -0.4 is 5.32 Å². The van der Waals surface area contributed by atoms with E-state index < -0.39 is 0 Å². The number of carbonyl (C=O) groups excluding carboxylic acids is 2. The van der Waals surface area contributed by atoms with Crippen molar-refractivity contribution in [2.45, 2.75) is 25.0 Å². The fraction of sp³-hybridized carbons (Fsp3) is 0.421. The molecule has 0 radical (unpaired) electrons. The highest BCUT2D eigenvalue weighted by molar-refractivity contribution is 5.94. The summed E-state index contributed by atoms with van der Waals surface area (Å²) in [6.45, 7) is 2.22. The molecule has 0 aliphatic carbocycles. The van der Waals surface area contributed by atoms with E-state index >= 15 is 0 Å². The van der Waals surface area contributed by atoms with Crippen LogP contribution in [0.2, 0.25) is 0 Å². The first-order valence-corrected chi connectivity index (χ1v) is 8.75. The van der Waals surface area contributed by atoms with Crippen molar-refractivity contribution in [1.29, 1.82) is 0 Å². The molecule has 1 N–H and O–H groups in total. The van der Waals surface area contributed by atoms with E-state index in [0.29, 0.717) is 38.2 Å². The van der Waals surface area contributed by atoms with Crippen molar-refractivity contribution in [1.82, 2.24) is 15.2 Å². The predicted octanol–water partition coefficient (Wildman–Crippen LogP) is 1.61. The summed E-state index contributed by atoms with van der Waals surface area (Å²) in [5.74, 6) is 0.184. The summed E-state index contributed by atoms with van der Waals surface area (Å²) >= 11 is 0. The van der Waals surface area contributed by atoms with Gasteiger partial charge in [0.15, 0.2) is 0 Å². The van der Waals surface area contributed by atoms with Crippen molar-refractivity contribution in [2.24, 2.45) is 5.92 Å². The lowest BCUT2D eigenvalue weighted by Gasteiger charge is -2.47. The molecule has 2 aromatic rings. The van der Waals surface area contributed by atoms with Crippen molar-refractivity contribution in [3.05, 3.63) is 54.2 Å². The zero-order chi connectivity index (χ0) is 18.0. The van der Waals surface area contributed by atoms with E-state index in [2.05, 4.69) is 10.3 Å². The van der Waals surface area contributed by atoms with E-state index in [0.717, 1.165) is 12.0 Å². The Kier molecular flexibility index (Phi) is 4.46. The van der Waals surface area contributed by atoms with Crippen molar-refractivity contribution in [2.75, 3.05) is 19.7 Å². The molecule has 136 valence electrons. The second-order valence-electron chi connectivity index (χ2n) is 7.07. The molecule has 2 aliphatic rings. The Bertz CT molecular complexity index is 769. The number of hydrogen-bond donors (Lipinski definition) is 1. The summed E-state index contributed by atoms with van der Waals surface area (Å²) < 4.78 is 10.9. The van der Waals surface area contributed by atoms with E-state index in [4.69, 9.17) is 9.15 Å². The molecule has 2 saturated heterocycles. The van der Waals surface area contributed by atoms with Gasteiger partial charge in [0.2, 0.25) is 5.91 Å². The highest BCUT2D eigenvalue weighted by atomic mass is 16.5. The van der Waals surface area contributed by atoms with Gasteiger partial charge in [0.25, 0.3) is 5.91 Å². The number of likely N-dealkylation sites (tertiary alicyclic amines) is 1. The molecule has 0 saturated carbocycles. The molecule has 4 rings (SSSR count). The smallest absolute Gasteiger partial charge is 0.257 e. The van der Waals surface area contributed by atoms with Crippen LogP contribution in [0.15, 0.2) is 47.5 Å². The van der Waals surface area contributed by atoms with E-state index in [1.807, 2.05) is 12.1 Å². The minimum atomic E-state index is -0.282. The molecule has 1 unspecified atom stereocenters. The Hall–Kier alpha value is -2.67. The predicted molar refractivity (Wildman–Crippen MR) is 92.1 cm³/mol. The molecule has 2 aromatic heterocycles. The first kappa shape index (κ1) is 16.8. The van der Waals surface area contributed by atoms with Gasteiger partial charge in [-0.15, -0.1) is 0 Å². The van der Waals surface area contributed by atoms with Gasteiger partial charge in [0, 0.05) is 25.4 Å². The minimum Gasteiger partial charge on any atom is -0.472 e. The van der Waals surface area contributed by atoms with Gasteiger partial charge in [-0.05, 0) is 36.1 Å². The second-order valence-corrected chi connectivity index (χ2v) is 7.07. The number of aromatic nitrogens is 1.